The van der Waals surface area contributed by atoms with Crippen LogP contribution in [-0.2, 0) is 16.1 Å². The lowest BCUT2D eigenvalue weighted by molar-refractivity contribution is -0.140. The monoisotopic (exact) mass is 407 g/mol. The normalized spacial score (nSPS) is 14.3. The third kappa shape index (κ3) is 4.52. The second kappa shape index (κ2) is 8.89. The van der Waals surface area contributed by atoms with E-state index in [2.05, 4.69) is 11.9 Å². The van der Waals surface area contributed by atoms with Crippen LogP contribution in [0, 0.1) is 0 Å². The first kappa shape index (κ1) is 19.9. The van der Waals surface area contributed by atoms with E-state index in [0.29, 0.717) is 47.0 Å². The predicted octanol–water partition coefficient (Wildman–Crippen LogP) is 3.48. The van der Waals surface area contributed by atoms with Gasteiger partial charge in [-0.3, -0.25) is 23.9 Å². The minimum absolute atomic E-state index is 0.0814. The number of carbonyl (C=O) groups excluding carboxylic acids is 2. The zero-order valence-corrected chi connectivity index (χ0v) is 16.8. The van der Waals surface area contributed by atoms with Gasteiger partial charge in [-0.2, -0.15) is 0 Å². The molecule has 0 bridgehead atoms. The van der Waals surface area contributed by atoms with Crippen molar-refractivity contribution in [2.24, 2.45) is 0 Å². The maximum absolute atomic E-state index is 12.9. The van der Waals surface area contributed by atoms with Crippen molar-refractivity contribution in [2.75, 3.05) is 12.3 Å². The number of fused-ring (bicyclic) bond motifs is 1. The molecule has 6 nitrogen and oxygen atoms in total. The Morgan fingerprint density at radius 3 is 2.81 bits per heavy atom. The molecule has 1 aliphatic rings. The molecule has 8 heteroatoms. The Bertz CT molecular complexity index is 928. The number of unbranched alkanes of at least 4 members (excludes halogenated alkanes) is 2. The SMILES string of the molecule is CCCCCn1c(SCC(=O)N2CCCC2=O)nc2cc(Cl)ccc2c1=O. The Labute approximate surface area is 166 Å². The summed E-state index contributed by atoms with van der Waals surface area (Å²) in [6.07, 6.45) is 4.05. The number of carbonyl (C=O) groups is 2. The smallest absolute Gasteiger partial charge is 0.262 e. The van der Waals surface area contributed by atoms with Crippen molar-refractivity contribution in [3.63, 3.8) is 0 Å². The molecule has 27 heavy (non-hydrogen) atoms. The van der Waals surface area contributed by atoms with Crippen LogP contribution in [0.3, 0.4) is 0 Å². The minimum atomic E-state index is -0.233. The molecule has 2 aromatic rings. The molecule has 1 aromatic carbocycles. The zero-order chi connectivity index (χ0) is 19.4. The van der Waals surface area contributed by atoms with E-state index in [-0.39, 0.29) is 23.1 Å². The second-order valence-corrected chi connectivity index (χ2v) is 7.93. The zero-order valence-electron chi connectivity index (χ0n) is 15.2. The molecule has 0 saturated carbocycles. The van der Waals surface area contributed by atoms with Crippen LogP contribution in [0.4, 0.5) is 0 Å². The fraction of sp³-hybridized carbons (Fsp3) is 0.474. The Hall–Kier alpha value is -1.86. The van der Waals surface area contributed by atoms with Crippen LogP contribution in [0.5, 0.6) is 0 Å². The van der Waals surface area contributed by atoms with Crippen LogP contribution in [0.2, 0.25) is 5.02 Å². The van der Waals surface area contributed by atoms with Crippen molar-refractivity contribution in [3.05, 3.63) is 33.6 Å². The van der Waals surface area contributed by atoms with E-state index in [4.69, 9.17) is 11.6 Å². The molecule has 0 unspecified atom stereocenters. The first-order valence-electron chi connectivity index (χ1n) is 9.17. The lowest BCUT2D eigenvalue weighted by atomic mass is 10.2. The van der Waals surface area contributed by atoms with E-state index in [1.165, 1.54) is 16.7 Å². The average Bonchev–Trinajstić information content (AvgIpc) is 3.07. The minimum Gasteiger partial charge on any atom is -0.287 e. The molecular weight excluding hydrogens is 386 g/mol. The third-order valence-electron chi connectivity index (χ3n) is 4.57. The topological polar surface area (TPSA) is 72.3 Å². The summed E-state index contributed by atoms with van der Waals surface area (Å²) in [5, 5.41) is 1.51. The molecule has 0 aliphatic carbocycles. The molecule has 1 aliphatic heterocycles. The van der Waals surface area contributed by atoms with E-state index in [9.17, 15) is 14.4 Å². The molecule has 144 valence electrons. The lowest BCUT2D eigenvalue weighted by Crippen LogP contribution is -2.33. The molecule has 0 radical (unpaired) electrons. The van der Waals surface area contributed by atoms with E-state index in [1.807, 2.05) is 0 Å². The molecule has 1 fully saturated rings. The first-order chi connectivity index (χ1) is 13.0. The van der Waals surface area contributed by atoms with Crippen molar-refractivity contribution < 1.29 is 9.59 Å². The van der Waals surface area contributed by atoms with Gasteiger partial charge >= 0.3 is 0 Å². The van der Waals surface area contributed by atoms with Crippen molar-refractivity contribution in [3.8, 4) is 0 Å². The first-order valence-corrected chi connectivity index (χ1v) is 10.5. The number of halogens is 1. The number of imide groups is 1. The van der Waals surface area contributed by atoms with Crippen molar-refractivity contribution in [1.82, 2.24) is 14.5 Å². The highest BCUT2D eigenvalue weighted by atomic mass is 35.5. The van der Waals surface area contributed by atoms with E-state index < -0.39 is 0 Å². The summed E-state index contributed by atoms with van der Waals surface area (Å²) < 4.78 is 1.63. The number of hydrogen-bond donors (Lipinski definition) is 0. The van der Waals surface area contributed by atoms with Gasteiger partial charge in [0.15, 0.2) is 5.16 Å². The summed E-state index contributed by atoms with van der Waals surface area (Å²) in [6.45, 7) is 3.13. The van der Waals surface area contributed by atoms with Crippen molar-refractivity contribution >= 4 is 46.1 Å². The number of likely N-dealkylation sites (tertiary alicyclic amines) is 1. The van der Waals surface area contributed by atoms with Crippen molar-refractivity contribution in [2.45, 2.75) is 50.7 Å². The van der Waals surface area contributed by atoms with Crippen LogP contribution in [-0.4, -0.2) is 38.6 Å². The van der Waals surface area contributed by atoms with Crippen molar-refractivity contribution in [1.29, 1.82) is 0 Å². The fourth-order valence-corrected chi connectivity index (χ4v) is 4.18. The maximum Gasteiger partial charge on any atom is 0.262 e. The third-order valence-corrected chi connectivity index (χ3v) is 5.76. The Morgan fingerprint density at radius 1 is 1.30 bits per heavy atom. The Kier molecular flexibility index (Phi) is 6.55. The summed E-state index contributed by atoms with van der Waals surface area (Å²) in [4.78, 5) is 42.9. The maximum atomic E-state index is 12.9. The molecule has 1 aromatic heterocycles. The van der Waals surface area contributed by atoms with Gasteiger partial charge in [0, 0.05) is 24.5 Å². The molecule has 2 amide bonds. The standard InChI is InChI=1S/C19H22ClN3O3S/c1-2-3-4-9-23-18(26)14-8-7-13(20)11-15(14)21-19(23)27-12-17(25)22-10-5-6-16(22)24/h7-8,11H,2-6,9-10,12H2,1H3. The van der Waals surface area contributed by atoms with Gasteiger partial charge in [-0.15, -0.1) is 0 Å². The Balaban J connectivity index is 1.88. The summed E-state index contributed by atoms with van der Waals surface area (Å²) in [5.41, 5.74) is 0.395. The van der Waals surface area contributed by atoms with Crippen LogP contribution in [0.25, 0.3) is 10.9 Å². The van der Waals surface area contributed by atoms with E-state index in [1.54, 1.807) is 22.8 Å². The van der Waals surface area contributed by atoms with Gasteiger partial charge in [-0.25, -0.2) is 4.98 Å². The molecule has 0 atom stereocenters. The quantitative estimate of drug-likeness (QED) is 0.399. The van der Waals surface area contributed by atoms with Gasteiger partial charge in [-0.05, 0) is 31.0 Å². The number of aromatic nitrogens is 2. The summed E-state index contributed by atoms with van der Waals surface area (Å²) in [6, 6.07) is 5.02. The predicted molar refractivity (Wildman–Crippen MR) is 107 cm³/mol. The number of hydrogen-bond acceptors (Lipinski definition) is 5. The Morgan fingerprint density at radius 2 is 2.11 bits per heavy atom. The molecule has 2 heterocycles. The highest BCUT2D eigenvalue weighted by molar-refractivity contribution is 7.99. The lowest BCUT2D eigenvalue weighted by Gasteiger charge is -2.15. The van der Waals surface area contributed by atoms with Gasteiger partial charge in [0.2, 0.25) is 11.8 Å². The van der Waals surface area contributed by atoms with Gasteiger partial charge < -0.3 is 0 Å². The molecular formula is C19H22ClN3O3S. The largest absolute Gasteiger partial charge is 0.287 e. The van der Waals surface area contributed by atoms with Gasteiger partial charge in [0.05, 0.1) is 16.7 Å². The highest BCUT2D eigenvalue weighted by Crippen LogP contribution is 2.22. The second-order valence-electron chi connectivity index (χ2n) is 6.55. The number of nitrogens with zero attached hydrogens (tertiary/aromatic N) is 3. The number of amides is 2. The number of rotatable bonds is 7. The van der Waals surface area contributed by atoms with Gasteiger partial charge in [0.1, 0.15) is 0 Å². The summed E-state index contributed by atoms with van der Waals surface area (Å²) in [7, 11) is 0. The van der Waals surface area contributed by atoms with Gasteiger partial charge in [-0.1, -0.05) is 43.1 Å². The van der Waals surface area contributed by atoms with Gasteiger partial charge in [0.25, 0.3) is 5.56 Å². The molecule has 0 N–H and O–H groups in total. The van der Waals surface area contributed by atoms with Crippen LogP contribution >= 0.6 is 23.4 Å². The fourth-order valence-electron chi connectivity index (χ4n) is 3.12. The summed E-state index contributed by atoms with van der Waals surface area (Å²) >= 11 is 7.24. The van der Waals surface area contributed by atoms with Crippen LogP contribution in [0.1, 0.15) is 39.0 Å². The highest BCUT2D eigenvalue weighted by Gasteiger charge is 2.26. The van der Waals surface area contributed by atoms with E-state index >= 15 is 0 Å². The average molecular weight is 408 g/mol. The van der Waals surface area contributed by atoms with Crippen LogP contribution < -0.4 is 5.56 Å². The number of thioether (sulfide) groups is 1. The van der Waals surface area contributed by atoms with E-state index in [0.717, 1.165) is 19.3 Å². The number of benzene rings is 1. The molecule has 3 rings (SSSR count). The molecule has 0 spiro atoms. The summed E-state index contributed by atoms with van der Waals surface area (Å²) in [5.74, 6) is -0.278. The molecule has 1 saturated heterocycles. The van der Waals surface area contributed by atoms with Crippen LogP contribution in [0.15, 0.2) is 28.2 Å².